The molecule has 39 heavy (non-hydrogen) atoms. The topological polar surface area (TPSA) is 101 Å². The second-order valence-corrected chi connectivity index (χ2v) is 12.8. The van der Waals surface area contributed by atoms with Crippen molar-refractivity contribution in [1.29, 1.82) is 0 Å². The first kappa shape index (κ1) is 29.2. The van der Waals surface area contributed by atoms with Gasteiger partial charge in [0.25, 0.3) is 5.91 Å². The van der Waals surface area contributed by atoms with Crippen LogP contribution in [-0.4, -0.2) is 69.1 Å². The van der Waals surface area contributed by atoms with Gasteiger partial charge in [-0.2, -0.15) is 12.7 Å². The second-order valence-electron chi connectivity index (χ2n) is 11.1. The maximum absolute atomic E-state index is 14.5. The monoisotopic (exact) mass is 562 g/mol. The standard InChI is InChI=1S/C28H39FN4O5S/c1-18(2)17-38-24-13-21(12-22(29)14-24)26-9-8-25(27(30-26)33-15-19(3)11-20(33)4)28(34)31-39(35,36)32-10-6-7-23(16-32)37-5/h8-9,12-14,18-20,23H,6-7,10-11,15-17H2,1-5H3,(H,31,34)/t19-,20?,23?/m0/s1. The van der Waals surface area contributed by atoms with Crippen LogP contribution in [0.3, 0.4) is 0 Å². The first-order valence-corrected chi connectivity index (χ1v) is 15.0. The number of carbonyl (C=O) groups excluding carboxylic acids is 1. The van der Waals surface area contributed by atoms with Crippen LogP contribution in [0.15, 0.2) is 30.3 Å². The van der Waals surface area contributed by atoms with Gasteiger partial charge in [0.2, 0.25) is 0 Å². The fourth-order valence-corrected chi connectivity index (χ4v) is 6.41. The van der Waals surface area contributed by atoms with Crippen LogP contribution in [0.5, 0.6) is 5.75 Å². The number of benzene rings is 1. The highest BCUT2D eigenvalue weighted by molar-refractivity contribution is 7.87. The van der Waals surface area contributed by atoms with Gasteiger partial charge in [-0.25, -0.2) is 14.1 Å². The van der Waals surface area contributed by atoms with E-state index in [0.29, 0.717) is 54.9 Å². The van der Waals surface area contributed by atoms with Gasteiger partial charge in [0.1, 0.15) is 17.4 Å². The number of pyridine rings is 1. The molecule has 0 bridgehead atoms. The number of hydrogen-bond acceptors (Lipinski definition) is 7. The van der Waals surface area contributed by atoms with Crippen molar-refractivity contribution in [1.82, 2.24) is 14.0 Å². The molecule has 9 nitrogen and oxygen atoms in total. The number of hydrogen-bond donors (Lipinski definition) is 1. The third-order valence-electron chi connectivity index (χ3n) is 7.16. The molecule has 0 saturated carbocycles. The molecule has 1 amide bonds. The Kier molecular flexibility index (Phi) is 9.13. The van der Waals surface area contributed by atoms with Gasteiger partial charge in [0, 0.05) is 44.4 Å². The number of methoxy groups -OCH3 is 1. The summed E-state index contributed by atoms with van der Waals surface area (Å²) in [5.74, 6) is 0.208. The van der Waals surface area contributed by atoms with E-state index in [2.05, 4.69) is 18.6 Å². The van der Waals surface area contributed by atoms with Crippen molar-refractivity contribution in [2.75, 3.05) is 38.3 Å². The molecule has 2 aliphatic heterocycles. The lowest BCUT2D eigenvalue weighted by Crippen LogP contribution is -2.49. The molecule has 2 unspecified atom stereocenters. The van der Waals surface area contributed by atoms with Gasteiger partial charge in [0.15, 0.2) is 0 Å². The molecule has 1 aromatic carbocycles. The fraction of sp³-hybridized carbons (Fsp3) is 0.571. The Hall–Kier alpha value is -2.76. The van der Waals surface area contributed by atoms with Crippen molar-refractivity contribution in [3.8, 4) is 17.0 Å². The van der Waals surface area contributed by atoms with Crippen molar-refractivity contribution < 1.29 is 27.1 Å². The van der Waals surface area contributed by atoms with Gasteiger partial charge in [-0.05, 0) is 62.3 Å². The average Bonchev–Trinajstić information content (AvgIpc) is 3.24. The number of piperidine rings is 1. The Balaban J connectivity index is 1.67. The van der Waals surface area contributed by atoms with Gasteiger partial charge in [-0.3, -0.25) is 4.79 Å². The predicted octanol–water partition coefficient (Wildman–Crippen LogP) is 4.24. The number of amides is 1. The summed E-state index contributed by atoms with van der Waals surface area (Å²) in [4.78, 5) is 20.2. The van der Waals surface area contributed by atoms with Crippen LogP contribution in [0.25, 0.3) is 11.3 Å². The molecule has 2 fully saturated rings. The van der Waals surface area contributed by atoms with Crippen molar-refractivity contribution in [3.05, 3.63) is 41.7 Å². The van der Waals surface area contributed by atoms with Crippen molar-refractivity contribution in [3.63, 3.8) is 0 Å². The number of carbonyl (C=O) groups is 1. The van der Waals surface area contributed by atoms with Gasteiger partial charge in [-0.1, -0.05) is 20.8 Å². The Morgan fingerprint density at radius 1 is 1.21 bits per heavy atom. The lowest BCUT2D eigenvalue weighted by molar-refractivity contribution is 0.0566. The summed E-state index contributed by atoms with van der Waals surface area (Å²) in [6.07, 6.45) is 2.11. The summed E-state index contributed by atoms with van der Waals surface area (Å²) in [7, 11) is -2.53. The van der Waals surface area contributed by atoms with Gasteiger partial charge in [0.05, 0.1) is 24.0 Å². The summed E-state index contributed by atoms with van der Waals surface area (Å²) >= 11 is 0. The number of halogens is 1. The van der Waals surface area contributed by atoms with E-state index in [1.165, 1.54) is 16.4 Å². The Labute approximate surface area is 230 Å². The molecule has 11 heteroatoms. The van der Waals surface area contributed by atoms with E-state index >= 15 is 0 Å². The third-order valence-corrected chi connectivity index (χ3v) is 8.62. The lowest BCUT2D eigenvalue weighted by atomic mass is 10.1. The molecule has 0 spiro atoms. The maximum atomic E-state index is 14.5. The number of anilines is 1. The molecule has 2 saturated heterocycles. The van der Waals surface area contributed by atoms with Gasteiger partial charge in [-0.15, -0.1) is 0 Å². The van der Waals surface area contributed by atoms with Crippen molar-refractivity contribution >= 4 is 21.9 Å². The summed E-state index contributed by atoms with van der Waals surface area (Å²) in [5, 5.41) is 0. The quantitative estimate of drug-likeness (QED) is 0.488. The highest BCUT2D eigenvalue weighted by atomic mass is 32.2. The minimum atomic E-state index is -4.08. The van der Waals surface area contributed by atoms with Crippen LogP contribution >= 0.6 is 0 Å². The molecule has 0 radical (unpaired) electrons. The van der Waals surface area contributed by atoms with Crippen molar-refractivity contribution in [2.45, 2.75) is 59.1 Å². The van der Waals surface area contributed by atoms with Gasteiger partial charge >= 0.3 is 10.2 Å². The molecule has 2 aliphatic rings. The zero-order valence-electron chi connectivity index (χ0n) is 23.3. The van der Waals surface area contributed by atoms with E-state index in [1.807, 2.05) is 18.7 Å². The molecule has 214 valence electrons. The maximum Gasteiger partial charge on any atom is 0.304 e. The van der Waals surface area contributed by atoms with E-state index in [9.17, 15) is 17.6 Å². The molecule has 1 N–H and O–H groups in total. The summed E-state index contributed by atoms with van der Waals surface area (Å²) < 4.78 is 55.3. The Morgan fingerprint density at radius 2 is 1.97 bits per heavy atom. The molecule has 2 aromatic rings. The zero-order chi connectivity index (χ0) is 28.3. The average molecular weight is 563 g/mol. The smallest absolute Gasteiger partial charge is 0.304 e. The van der Waals surface area contributed by atoms with Crippen LogP contribution in [0, 0.1) is 17.7 Å². The molecule has 0 aliphatic carbocycles. The molecule has 4 rings (SSSR count). The van der Waals surface area contributed by atoms with Gasteiger partial charge < -0.3 is 14.4 Å². The van der Waals surface area contributed by atoms with E-state index in [1.54, 1.807) is 25.3 Å². The zero-order valence-corrected chi connectivity index (χ0v) is 24.1. The minimum Gasteiger partial charge on any atom is -0.493 e. The van der Waals surface area contributed by atoms with Crippen LogP contribution in [0.4, 0.5) is 10.2 Å². The molecular formula is C28H39FN4O5S. The van der Waals surface area contributed by atoms with E-state index in [-0.39, 0.29) is 30.2 Å². The molecular weight excluding hydrogens is 523 g/mol. The molecule has 1 aromatic heterocycles. The number of aromatic nitrogens is 1. The summed E-state index contributed by atoms with van der Waals surface area (Å²) in [6.45, 7) is 9.80. The van der Waals surface area contributed by atoms with E-state index < -0.39 is 21.9 Å². The molecule has 3 heterocycles. The van der Waals surface area contributed by atoms with E-state index in [4.69, 9.17) is 14.5 Å². The highest BCUT2D eigenvalue weighted by Gasteiger charge is 2.34. The first-order valence-electron chi connectivity index (χ1n) is 13.5. The van der Waals surface area contributed by atoms with Crippen LogP contribution < -0.4 is 14.4 Å². The minimum absolute atomic E-state index is 0.0907. The Bertz CT molecular complexity index is 1290. The largest absolute Gasteiger partial charge is 0.493 e. The van der Waals surface area contributed by atoms with E-state index in [0.717, 1.165) is 12.8 Å². The normalized spacial score (nSPS) is 22.3. The highest BCUT2D eigenvalue weighted by Crippen LogP contribution is 2.33. The number of ether oxygens (including phenoxy) is 2. The Morgan fingerprint density at radius 3 is 2.64 bits per heavy atom. The third kappa shape index (κ3) is 7.06. The summed E-state index contributed by atoms with van der Waals surface area (Å²) in [6, 6.07) is 7.69. The number of nitrogens with zero attached hydrogens (tertiary/aromatic N) is 3. The van der Waals surface area contributed by atoms with Crippen LogP contribution in [0.2, 0.25) is 0 Å². The lowest BCUT2D eigenvalue weighted by Gasteiger charge is -2.31. The van der Waals surface area contributed by atoms with Crippen molar-refractivity contribution in [2.24, 2.45) is 11.8 Å². The first-order chi connectivity index (χ1) is 18.5. The second kappa shape index (κ2) is 12.2. The fourth-order valence-electron chi connectivity index (χ4n) is 5.21. The number of nitrogens with one attached hydrogen (secondary N) is 1. The molecule has 3 atom stereocenters. The number of rotatable bonds is 9. The summed E-state index contributed by atoms with van der Waals surface area (Å²) in [5.41, 5.74) is 1.12. The van der Waals surface area contributed by atoms with Crippen LogP contribution in [-0.2, 0) is 14.9 Å². The predicted molar refractivity (Wildman–Crippen MR) is 149 cm³/mol. The van der Waals surface area contributed by atoms with Crippen LogP contribution in [0.1, 0.15) is 57.3 Å². The SMILES string of the molecule is COC1CCCN(S(=O)(=O)NC(=O)c2ccc(-c3cc(F)cc(OCC(C)C)c3)nc2N2C[C@@H](C)CC2C)C1.